The van der Waals surface area contributed by atoms with E-state index < -0.39 is 18.2 Å². The zero-order valence-electron chi connectivity index (χ0n) is 9.18. The molecule has 1 atom stereocenters. The highest BCUT2D eigenvalue weighted by atomic mass is 16.6. The molecule has 0 bridgehead atoms. The van der Waals surface area contributed by atoms with Crippen molar-refractivity contribution in [1.29, 1.82) is 0 Å². The maximum absolute atomic E-state index is 11.5. The van der Waals surface area contributed by atoms with Crippen LogP contribution in [0.25, 0.3) is 0 Å². The molecule has 1 aliphatic rings. The fraction of sp³-hybridized carbons (Fsp3) is 0.600. The van der Waals surface area contributed by atoms with E-state index in [4.69, 9.17) is 9.47 Å². The van der Waals surface area contributed by atoms with Gasteiger partial charge in [-0.3, -0.25) is 0 Å². The van der Waals surface area contributed by atoms with Crippen molar-refractivity contribution < 1.29 is 23.8 Å². The van der Waals surface area contributed by atoms with Gasteiger partial charge in [-0.05, 0) is 0 Å². The largest absolute Gasteiger partial charge is 0.467 e. The van der Waals surface area contributed by atoms with Crippen LogP contribution in [0.4, 0.5) is 4.79 Å². The van der Waals surface area contributed by atoms with Crippen LogP contribution in [-0.4, -0.2) is 56.5 Å². The second kappa shape index (κ2) is 6.12. The number of ether oxygens (including phenoxy) is 3. The number of hydrogen-bond acceptors (Lipinski definition) is 5. The average molecular weight is 229 g/mol. The number of esters is 1. The van der Waals surface area contributed by atoms with Gasteiger partial charge in [0.2, 0.25) is 0 Å². The number of rotatable bonds is 3. The maximum atomic E-state index is 11.5. The van der Waals surface area contributed by atoms with Crippen LogP contribution in [0.1, 0.15) is 0 Å². The summed E-state index contributed by atoms with van der Waals surface area (Å²) in [5.41, 5.74) is 0. The van der Waals surface area contributed by atoms with Gasteiger partial charge in [-0.15, -0.1) is 0 Å². The van der Waals surface area contributed by atoms with Gasteiger partial charge in [0, 0.05) is 6.54 Å². The summed E-state index contributed by atoms with van der Waals surface area (Å²) in [5, 5.41) is 0. The quantitative estimate of drug-likeness (QED) is 0.510. The Morgan fingerprint density at radius 3 is 3.00 bits per heavy atom. The summed E-state index contributed by atoms with van der Waals surface area (Å²) in [5.74, 6) is -0.485. The van der Waals surface area contributed by atoms with E-state index in [1.807, 2.05) is 0 Å². The molecule has 0 N–H and O–H groups in total. The molecule has 6 heteroatoms. The number of methoxy groups -OCH3 is 1. The van der Waals surface area contributed by atoms with Crippen molar-refractivity contribution in [3.63, 3.8) is 0 Å². The van der Waals surface area contributed by atoms with Gasteiger partial charge >= 0.3 is 12.1 Å². The SMILES string of the molecule is C=CCOC(=O)N1CCOC(C(=O)OC)C1. The normalized spacial score (nSPS) is 20.1. The molecule has 1 amide bonds. The van der Waals surface area contributed by atoms with Gasteiger partial charge in [-0.25, -0.2) is 9.59 Å². The molecule has 1 saturated heterocycles. The Morgan fingerprint density at radius 2 is 2.38 bits per heavy atom. The van der Waals surface area contributed by atoms with Gasteiger partial charge in [0.15, 0.2) is 6.10 Å². The Morgan fingerprint density at radius 1 is 1.62 bits per heavy atom. The highest BCUT2D eigenvalue weighted by Gasteiger charge is 2.30. The fourth-order valence-corrected chi connectivity index (χ4v) is 1.31. The summed E-state index contributed by atoms with van der Waals surface area (Å²) in [6, 6.07) is 0. The zero-order chi connectivity index (χ0) is 12.0. The lowest BCUT2D eigenvalue weighted by Crippen LogP contribution is -2.49. The summed E-state index contributed by atoms with van der Waals surface area (Å²) in [6.45, 7) is 4.45. The number of amides is 1. The smallest absolute Gasteiger partial charge is 0.410 e. The molecule has 1 aliphatic heterocycles. The molecular weight excluding hydrogens is 214 g/mol. The lowest BCUT2D eigenvalue weighted by molar-refractivity contribution is -0.158. The Balaban J connectivity index is 2.46. The number of nitrogens with zero attached hydrogens (tertiary/aromatic N) is 1. The third-order valence-corrected chi connectivity index (χ3v) is 2.11. The van der Waals surface area contributed by atoms with E-state index in [1.165, 1.54) is 18.1 Å². The molecule has 0 radical (unpaired) electrons. The summed E-state index contributed by atoms with van der Waals surface area (Å²) in [7, 11) is 1.28. The number of carbonyl (C=O) groups excluding carboxylic acids is 2. The van der Waals surface area contributed by atoms with E-state index in [0.29, 0.717) is 13.2 Å². The van der Waals surface area contributed by atoms with Crippen molar-refractivity contribution >= 4 is 12.1 Å². The molecule has 1 fully saturated rings. The standard InChI is InChI=1S/C10H15NO5/c1-3-5-16-10(13)11-4-6-15-8(7-11)9(12)14-2/h3,8H,1,4-7H2,2H3. The molecule has 6 nitrogen and oxygen atoms in total. The van der Waals surface area contributed by atoms with E-state index >= 15 is 0 Å². The van der Waals surface area contributed by atoms with E-state index in [9.17, 15) is 9.59 Å². The summed E-state index contributed by atoms with van der Waals surface area (Å²) in [6.07, 6.45) is 0.281. The van der Waals surface area contributed by atoms with Crippen molar-refractivity contribution in [2.24, 2.45) is 0 Å². The van der Waals surface area contributed by atoms with E-state index in [2.05, 4.69) is 11.3 Å². The Kier molecular flexibility index (Phi) is 4.78. The maximum Gasteiger partial charge on any atom is 0.410 e. The first-order chi connectivity index (χ1) is 7.69. The van der Waals surface area contributed by atoms with Gasteiger partial charge in [-0.1, -0.05) is 12.7 Å². The van der Waals surface area contributed by atoms with E-state index in [-0.39, 0.29) is 13.2 Å². The number of carbonyl (C=O) groups is 2. The van der Waals surface area contributed by atoms with Crippen molar-refractivity contribution in [2.75, 3.05) is 33.4 Å². The topological polar surface area (TPSA) is 65.1 Å². The van der Waals surface area contributed by atoms with Crippen molar-refractivity contribution in [3.8, 4) is 0 Å². The monoisotopic (exact) mass is 229 g/mol. The second-order valence-electron chi connectivity index (χ2n) is 3.19. The molecule has 0 aromatic carbocycles. The first kappa shape index (κ1) is 12.5. The molecule has 0 aliphatic carbocycles. The minimum absolute atomic E-state index is 0.152. The lowest BCUT2D eigenvalue weighted by atomic mass is 10.3. The van der Waals surface area contributed by atoms with Crippen molar-refractivity contribution in [3.05, 3.63) is 12.7 Å². The predicted molar refractivity (Wildman–Crippen MR) is 54.9 cm³/mol. The zero-order valence-corrected chi connectivity index (χ0v) is 9.18. The van der Waals surface area contributed by atoms with Crippen LogP contribution >= 0.6 is 0 Å². The first-order valence-electron chi connectivity index (χ1n) is 4.91. The molecule has 0 aromatic heterocycles. The van der Waals surface area contributed by atoms with Gasteiger partial charge in [-0.2, -0.15) is 0 Å². The summed E-state index contributed by atoms with van der Waals surface area (Å²) in [4.78, 5) is 24.1. The van der Waals surface area contributed by atoms with Crippen LogP contribution in [-0.2, 0) is 19.0 Å². The second-order valence-corrected chi connectivity index (χ2v) is 3.19. The highest BCUT2D eigenvalue weighted by molar-refractivity contribution is 5.76. The molecule has 0 aromatic rings. The van der Waals surface area contributed by atoms with Crippen LogP contribution < -0.4 is 0 Å². The van der Waals surface area contributed by atoms with Crippen LogP contribution in [0.3, 0.4) is 0 Å². The molecule has 0 spiro atoms. The minimum Gasteiger partial charge on any atom is -0.467 e. The van der Waals surface area contributed by atoms with Gasteiger partial charge in [0.05, 0.1) is 20.3 Å². The lowest BCUT2D eigenvalue weighted by Gasteiger charge is -2.30. The molecular formula is C10H15NO5. The molecule has 16 heavy (non-hydrogen) atoms. The van der Waals surface area contributed by atoms with Gasteiger partial charge in [0.25, 0.3) is 0 Å². The number of morpholine rings is 1. The highest BCUT2D eigenvalue weighted by Crippen LogP contribution is 2.08. The Labute approximate surface area is 93.8 Å². The van der Waals surface area contributed by atoms with E-state index in [1.54, 1.807) is 0 Å². The van der Waals surface area contributed by atoms with Crippen molar-refractivity contribution in [1.82, 2.24) is 4.90 Å². The van der Waals surface area contributed by atoms with Crippen LogP contribution in [0.5, 0.6) is 0 Å². The fourth-order valence-electron chi connectivity index (χ4n) is 1.31. The average Bonchev–Trinajstić information content (AvgIpc) is 2.35. The first-order valence-corrected chi connectivity index (χ1v) is 4.91. The predicted octanol–water partition coefficient (Wildman–Crippen LogP) is 0.183. The summed E-state index contributed by atoms with van der Waals surface area (Å²) < 4.78 is 14.6. The summed E-state index contributed by atoms with van der Waals surface area (Å²) >= 11 is 0. The molecule has 1 unspecified atom stereocenters. The molecule has 0 saturated carbocycles. The third kappa shape index (κ3) is 3.23. The molecule has 90 valence electrons. The van der Waals surface area contributed by atoms with Crippen LogP contribution in [0.15, 0.2) is 12.7 Å². The Hall–Kier alpha value is -1.56. The van der Waals surface area contributed by atoms with E-state index in [0.717, 1.165) is 0 Å². The third-order valence-electron chi connectivity index (χ3n) is 2.11. The van der Waals surface area contributed by atoms with Gasteiger partial charge in [0.1, 0.15) is 6.61 Å². The van der Waals surface area contributed by atoms with Gasteiger partial charge < -0.3 is 19.1 Å². The van der Waals surface area contributed by atoms with Crippen LogP contribution in [0.2, 0.25) is 0 Å². The molecule has 1 heterocycles. The minimum atomic E-state index is -0.727. The Bertz CT molecular complexity index is 278. The van der Waals surface area contributed by atoms with Crippen molar-refractivity contribution in [2.45, 2.75) is 6.10 Å². The van der Waals surface area contributed by atoms with Crippen LogP contribution in [0, 0.1) is 0 Å². The molecule has 1 rings (SSSR count). The number of hydrogen-bond donors (Lipinski definition) is 0.